The molecule has 0 spiro atoms. The largest absolute Gasteiger partial charge is 0.338 e. The number of hydrogen-bond acceptors (Lipinski definition) is 3. The lowest BCUT2D eigenvalue weighted by Crippen LogP contribution is -3.12. The minimum absolute atomic E-state index is 0.235. The number of hydrogen-bond donors (Lipinski definition) is 2. The van der Waals surface area contributed by atoms with Crippen LogP contribution >= 0.6 is 34.8 Å². The molecule has 1 aromatic rings. The Morgan fingerprint density at radius 2 is 2.16 bits per heavy atom. The molecule has 0 atom stereocenters. The summed E-state index contributed by atoms with van der Waals surface area (Å²) in [4.78, 5) is 15.6. The number of piperazine rings is 1. The van der Waals surface area contributed by atoms with Crippen LogP contribution in [0.3, 0.4) is 0 Å². The molecule has 1 aromatic heterocycles. The van der Waals surface area contributed by atoms with Crippen molar-refractivity contribution in [2.75, 3.05) is 33.2 Å². The standard InChI is InChI=1S/C11H16IN5OS/c1-15-3-5-17(6-4-15)11(19)13-10(18)9-8(12)7-16(2)14-9/h7H,3-6H2,1-2H3,(H,13,18,19)/p+1. The highest BCUT2D eigenvalue weighted by Crippen LogP contribution is 2.09. The highest BCUT2D eigenvalue weighted by Gasteiger charge is 2.22. The lowest BCUT2D eigenvalue weighted by atomic mass is 10.3. The average Bonchev–Trinajstić information content (AvgIpc) is 2.69. The van der Waals surface area contributed by atoms with Gasteiger partial charge in [-0.25, -0.2) is 0 Å². The third kappa shape index (κ3) is 3.63. The molecular formula is C11H17IN5OS+. The van der Waals surface area contributed by atoms with E-state index in [4.69, 9.17) is 12.2 Å². The SMILES string of the molecule is Cn1cc(I)c(C(=O)NC(=S)N2CC[NH+](C)CC2)n1. The van der Waals surface area contributed by atoms with Crippen LogP contribution in [0.15, 0.2) is 6.20 Å². The molecule has 1 saturated heterocycles. The molecule has 2 heterocycles. The van der Waals surface area contributed by atoms with Gasteiger partial charge in [0.15, 0.2) is 10.8 Å². The molecule has 1 fully saturated rings. The number of aryl methyl sites for hydroxylation is 1. The second-order valence-corrected chi connectivity index (χ2v) is 6.25. The number of quaternary nitrogens is 1. The van der Waals surface area contributed by atoms with Gasteiger partial charge >= 0.3 is 0 Å². The summed E-state index contributed by atoms with van der Waals surface area (Å²) in [6.45, 7) is 3.84. The van der Waals surface area contributed by atoms with Gasteiger partial charge in [-0.15, -0.1) is 0 Å². The van der Waals surface area contributed by atoms with Crippen molar-refractivity contribution in [2.24, 2.45) is 7.05 Å². The zero-order valence-electron chi connectivity index (χ0n) is 10.9. The topological polar surface area (TPSA) is 54.6 Å². The number of thiocarbonyl (C=S) groups is 1. The first-order valence-corrected chi connectivity index (χ1v) is 7.57. The summed E-state index contributed by atoms with van der Waals surface area (Å²) >= 11 is 7.38. The molecule has 8 heteroatoms. The minimum atomic E-state index is -0.235. The number of aromatic nitrogens is 2. The van der Waals surface area contributed by atoms with Crippen molar-refractivity contribution in [2.45, 2.75) is 0 Å². The maximum absolute atomic E-state index is 12.1. The molecule has 19 heavy (non-hydrogen) atoms. The van der Waals surface area contributed by atoms with Crippen LogP contribution in [-0.2, 0) is 7.05 Å². The molecule has 2 N–H and O–H groups in total. The maximum Gasteiger partial charge on any atom is 0.279 e. The van der Waals surface area contributed by atoms with Gasteiger partial charge in [-0.3, -0.25) is 14.8 Å². The van der Waals surface area contributed by atoms with Gasteiger partial charge in [0.05, 0.1) is 36.8 Å². The van der Waals surface area contributed by atoms with E-state index in [9.17, 15) is 4.79 Å². The predicted octanol–water partition coefficient (Wildman–Crippen LogP) is -1.13. The molecule has 1 aliphatic heterocycles. The maximum atomic E-state index is 12.1. The third-order valence-electron chi connectivity index (χ3n) is 3.12. The van der Waals surface area contributed by atoms with Gasteiger partial charge in [0.2, 0.25) is 0 Å². The fraction of sp³-hybridized carbons (Fsp3) is 0.545. The summed E-state index contributed by atoms with van der Waals surface area (Å²) in [5.41, 5.74) is 0.421. The Bertz CT molecular complexity index is 495. The molecule has 0 radical (unpaired) electrons. The Balaban J connectivity index is 1.95. The van der Waals surface area contributed by atoms with Crippen molar-refractivity contribution in [3.8, 4) is 0 Å². The van der Waals surface area contributed by atoms with E-state index >= 15 is 0 Å². The molecule has 6 nitrogen and oxygen atoms in total. The Morgan fingerprint density at radius 3 is 2.68 bits per heavy atom. The van der Waals surface area contributed by atoms with E-state index in [2.05, 4.69) is 40.1 Å². The number of likely N-dealkylation sites (N-methyl/N-ethyl adjacent to an activating group) is 1. The predicted molar refractivity (Wildman–Crippen MR) is 84.2 cm³/mol. The second kappa shape index (κ2) is 6.14. The summed E-state index contributed by atoms with van der Waals surface area (Å²) in [6, 6.07) is 0. The summed E-state index contributed by atoms with van der Waals surface area (Å²) in [5.74, 6) is -0.235. The van der Waals surface area contributed by atoms with Gasteiger partial charge in [0.1, 0.15) is 0 Å². The summed E-state index contributed by atoms with van der Waals surface area (Å²) in [7, 11) is 3.95. The zero-order chi connectivity index (χ0) is 14.0. The number of amides is 1. The first kappa shape index (κ1) is 14.7. The zero-order valence-corrected chi connectivity index (χ0v) is 13.9. The highest BCUT2D eigenvalue weighted by molar-refractivity contribution is 14.1. The quantitative estimate of drug-likeness (QED) is 0.468. The monoisotopic (exact) mass is 394 g/mol. The average molecular weight is 394 g/mol. The number of carbonyl (C=O) groups excluding carboxylic acids is 1. The van der Waals surface area contributed by atoms with E-state index in [-0.39, 0.29) is 5.91 Å². The molecule has 0 bridgehead atoms. The number of nitrogens with zero attached hydrogens (tertiary/aromatic N) is 3. The van der Waals surface area contributed by atoms with E-state index < -0.39 is 0 Å². The molecule has 104 valence electrons. The first-order valence-electron chi connectivity index (χ1n) is 6.08. The van der Waals surface area contributed by atoms with Crippen molar-refractivity contribution in [1.29, 1.82) is 0 Å². The van der Waals surface area contributed by atoms with E-state index in [1.807, 2.05) is 4.90 Å². The Morgan fingerprint density at radius 1 is 1.53 bits per heavy atom. The number of halogens is 1. The molecule has 0 saturated carbocycles. The molecule has 0 unspecified atom stereocenters. The number of carbonyl (C=O) groups is 1. The van der Waals surface area contributed by atoms with Gasteiger partial charge < -0.3 is 9.80 Å². The normalized spacial score (nSPS) is 16.5. The van der Waals surface area contributed by atoms with Crippen molar-refractivity contribution in [3.05, 3.63) is 15.5 Å². The molecule has 1 amide bonds. The third-order valence-corrected chi connectivity index (χ3v) is 4.27. The van der Waals surface area contributed by atoms with Crippen LogP contribution in [0.5, 0.6) is 0 Å². The second-order valence-electron chi connectivity index (χ2n) is 4.70. The van der Waals surface area contributed by atoms with Crippen LogP contribution < -0.4 is 10.2 Å². The summed E-state index contributed by atoms with van der Waals surface area (Å²) < 4.78 is 2.45. The summed E-state index contributed by atoms with van der Waals surface area (Å²) in [6.07, 6.45) is 1.80. The molecule has 2 rings (SSSR count). The van der Waals surface area contributed by atoms with Crippen LogP contribution in [0.4, 0.5) is 0 Å². The summed E-state index contributed by atoms with van der Waals surface area (Å²) in [5, 5.41) is 7.40. The first-order chi connectivity index (χ1) is 8.97. The van der Waals surface area contributed by atoms with Gasteiger partial charge in [-0.05, 0) is 34.8 Å². The van der Waals surface area contributed by atoms with Crippen LogP contribution in [0.2, 0.25) is 0 Å². The Labute approximate surface area is 131 Å². The lowest BCUT2D eigenvalue weighted by Gasteiger charge is -2.31. The number of nitrogens with one attached hydrogen (secondary N) is 2. The van der Waals surface area contributed by atoms with E-state index in [1.165, 1.54) is 4.90 Å². The van der Waals surface area contributed by atoms with Crippen molar-refractivity contribution in [3.63, 3.8) is 0 Å². The fourth-order valence-corrected chi connectivity index (χ4v) is 2.97. The van der Waals surface area contributed by atoms with E-state index in [0.29, 0.717) is 10.8 Å². The highest BCUT2D eigenvalue weighted by atomic mass is 127. The molecular weight excluding hydrogens is 377 g/mol. The molecule has 1 aliphatic rings. The van der Waals surface area contributed by atoms with E-state index in [1.54, 1.807) is 17.9 Å². The molecule has 0 aromatic carbocycles. The van der Waals surface area contributed by atoms with Crippen LogP contribution in [0.1, 0.15) is 10.5 Å². The van der Waals surface area contributed by atoms with Crippen molar-refractivity contribution in [1.82, 2.24) is 20.0 Å². The molecule has 0 aliphatic carbocycles. The van der Waals surface area contributed by atoms with Gasteiger partial charge in [0.25, 0.3) is 5.91 Å². The smallest absolute Gasteiger partial charge is 0.279 e. The van der Waals surface area contributed by atoms with E-state index in [0.717, 1.165) is 29.7 Å². The lowest BCUT2D eigenvalue weighted by molar-refractivity contribution is -0.883. The Kier molecular flexibility index (Phi) is 4.74. The minimum Gasteiger partial charge on any atom is -0.338 e. The number of rotatable bonds is 1. The van der Waals surface area contributed by atoms with Gasteiger partial charge in [-0.2, -0.15) is 5.10 Å². The van der Waals surface area contributed by atoms with Crippen molar-refractivity contribution < 1.29 is 9.69 Å². The van der Waals surface area contributed by atoms with Crippen molar-refractivity contribution >= 4 is 45.8 Å². The Hall–Kier alpha value is -0.740. The fourth-order valence-electron chi connectivity index (χ4n) is 1.94. The van der Waals surface area contributed by atoms with Crippen LogP contribution in [-0.4, -0.2) is 58.9 Å². The van der Waals surface area contributed by atoms with Gasteiger partial charge in [-0.1, -0.05) is 0 Å². The van der Waals surface area contributed by atoms with Gasteiger partial charge in [0, 0.05) is 13.2 Å². The van der Waals surface area contributed by atoms with Crippen LogP contribution in [0, 0.1) is 3.57 Å². The van der Waals surface area contributed by atoms with Crippen LogP contribution in [0.25, 0.3) is 0 Å².